The summed E-state index contributed by atoms with van der Waals surface area (Å²) in [5, 5.41) is 10.8. The number of ether oxygens (including phenoxy) is 1. The summed E-state index contributed by atoms with van der Waals surface area (Å²) in [6.07, 6.45) is 4.02. The highest BCUT2D eigenvalue weighted by Crippen LogP contribution is 2.35. The van der Waals surface area contributed by atoms with Crippen molar-refractivity contribution in [1.82, 2.24) is 13.9 Å². The van der Waals surface area contributed by atoms with Gasteiger partial charge in [0.05, 0.1) is 23.3 Å². The first-order chi connectivity index (χ1) is 13.6. The van der Waals surface area contributed by atoms with Gasteiger partial charge in [-0.3, -0.25) is 9.36 Å². The van der Waals surface area contributed by atoms with Crippen LogP contribution in [0.25, 0.3) is 22.2 Å². The highest BCUT2D eigenvalue weighted by atomic mass is 16.5. The van der Waals surface area contributed by atoms with Crippen molar-refractivity contribution in [3.63, 3.8) is 0 Å². The van der Waals surface area contributed by atoms with Crippen molar-refractivity contribution in [2.24, 2.45) is 7.05 Å². The minimum absolute atomic E-state index is 0.586. The van der Waals surface area contributed by atoms with Crippen LogP contribution < -0.4 is 10.5 Å². The van der Waals surface area contributed by atoms with E-state index in [1.807, 2.05) is 66.6 Å². The van der Waals surface area contributed by atoms with Gasteiger partial charge in [-0.05, 0) is 36.8 Å². The van der Waals surface area contributed by atoms with E-state index in [4.69, 9.17) is 10.5 Å². The zero-order chi connectivity index (χ0) is 19.7. The van der Waals surface area contributed by atoms with E-state index in [1.54, 1.807) is 0 Å². The molecule has 0 saturated carbocycles. The predicted octanol–water partition coefficient (Wildman–Crippen LogP) is 4.00. The van der Waals surface area contributed by atoms with Crippen molar-refractivity contribution in [3.8, 4) is 23.1 Å². The molecular weight excluding hydrogens is 350 g/mol. The molecule has 2 aromatic carbocycles. The third-order valence-electron chi connectivity index (χ3n) is 5.10. The maximum Gasteiger partial charge on any atom is 0.121 e. The molecule has 2 N–H and O–H groups in total. The van der Waals surface area contributed by atoms with Crippen molar-refractivity contribution in [2.75, 3.05) is 12.3 Å². The Morgan fingerprint density at radius 2 is 1.89 bits per heavy atom. The van der Waals surface area contributed by atoms with Crippen LogP contribution in [0.1, 0.15) is 12.5 Å². The molecule has 0 radical (unpaired) electrons. The van der Waals surface area contributed by atoms with Crippen LogP contribution >= 0.6 is 0 Å². The fraction of sp³-hybridized carbons (Fsp3) is 0.227. The van der Waals surface area contributed by atoms with Crippen LogP contribution in [0, 0.1) is 11.3 Å². The molecule has 6 heteroatoms. The molecule has 0 spiro atoms. The zero-order valence-corrected chi connectivity index (χ0v) is 16.1. The second kappa shape index (κ2) is 7.20. The van der Waals surface area contributed by atoms with Gasteiger partial charge in [0.1, 0.15) is 18.4 Å². The highest BCUT2D eigenvalue weighted by Gasteiger charge is 2.18. The van der Waals surface area contributed by atoms with Gasteiger partial charge in [-0.2, -0.15) is 5.26 Å². The topological polar surface area (TPSA) is 73.8 Å². The van der Waals surface area contributed by atoms with Gasteiger partial charge in [0.25, 0.3) is 0 Å². The Bertz CT molecular complexity index is 1150. The smallest absolute Gasteiger partial charge is 0.121 e. The van der Waals surface area contributed by atoms with Crippen molar-refractivity contribution in [1.29, 1.82) is 5.26 Å². The number of anilines is 1. The number of nitriles is 1. The molecular formula is C22H23N5O. The standard InChI is InChI=1S/C22H23N5O/c1-3-27-21-14-18(28-13-12-26-11-10-25(26)2)8-9-19(21)20(15-23)22(27)16-4-6-17(24)7-5-16/h4-11,14H,3,12-13,24H2,1-2H3. The summed E-state index contributed by atoms with van der Waals surface area (Å²) in [5.41, 5.74) is 10.1. The zero-order valence-electron chi connectivity index (χ0n) is 16.1. The molecule has 0 aliphatic heterocycles. The highest BCUT2D eigenvalue weighted by molar-refractivity contribution is 5.95. The number of benzene rings is 2. The van der Waals surface area contributed by atoms with Crippen LogP contribution in [0.2, 0.25) is 0 Å². The van der Waals surface area contributed by atoms with Crippen molar-refractivity contribution >= 4 is 16.6 Å². The van der Waals surface area contributed by atoms with E-state index in [0.29, 0.717) is 17.9 Å². The van der Waals surface area contributed by atoms with E-state index in [1.165, 1.54) is 0 Å². The van der Waals surface area contributed by atoms with Crippen LogP contribution in [0.15, 0.2) is 54.9 Å². The normalized spacial score (nSPS) is 11.0. The molecule has 0 unspecified atom stereocenters. The minimum Gasteiger partial charge on any atom is -0.492 e. The Morgan fingerprint density at radius 1 is 1.11 bits per heavy atom. The fourth-order valence-corrected chi connectivity index (χ4v) is 3.59. The summed E-state index contributed by atoms with van der Waals surface area (Å²) >= 11 is 0. The van der Waals surface area contributed by atoms with Crippen molar-refractivity contribution in [2.45, 2.75) is 20.0 Å². The number of nitrogen functional groups attached to an aromatic ring is 1. The van der Waals surface area contributed by atoms with Crippen molar-refractivity contribution < 1.29 is 4.74 Å². The molecule has 2 heterocycles. The lowest BCUT2D eigenvalue weighted by Crippen LogP contribution is -2.20. The van der Waals surface area contributed by atoms with Crippen LogP contribution in [0.5, 0.6) is 5.75 Å². The van der Waals surface area contributed by atoms with E-state index in [9.17, 15) is 5.26 Å². The van der Waals surface area contributed by atoms with E-state index in [0.717, 1.165) is 41.0 Å². The largest absolute Gasteiger partial charge is 0.492 e. The van der Waals surface area contributed by atoms with E-state index < -0.39 is 0 Å². The lowest BCUT2D eigenvalue weighted by atomic mass is 10.1. The summed E-state index contributed by atoms with van der Waals surface area (Å²) in [5.74, 6) is 0.806. The van der Waals surface area contributed by atoms with Gasteiger partial charge in [-0.15, -0.1) is 0 Å². The fourth-order valence-electron chi connectivity index (χ4n) is 3.59. The van der Waals surface area contributed by atoms with Gasteiger partial charge in [-0.25, -0.2) is 0 Å². The van der Waals surface area contributed by atoms with Gasteiger partial charge in [0.2, 0.25) is 0 Å². The first-order valence-corrected chi connectivity index (χ1v) is 9.35. The predicted molar refractivity (Wildman–Crippen MR) is 111 cm³/mol. The monoisotopic (exact) mass is 373 g/mol. The van der Waals surface area contributed by atoms with E-state index in [2.05, 4.69) is 22.2 Å². The number of hydrogen-bond acceptors (Lipinski definition) is 3. The first-order valence-electron chi connectivity index (χ1n) is 9.35. The second-order valence-corrected chi connectivity index (χ2v) is 6.76. The molecule has 2 aromatic heterocycles. The average molecular weight is 373 g/mol. The maximum absolute atomic E-state index is 9.84. The number of hydrogen-bond donors (Lipinski definition) is 1. The van der Waals surface area contributed by atoms with Gasteiger partial charge in [0, 0.05) is 43.1 Å². The Balaban J connectivity index is 1.71. The number of nitrogens with two attached hydrogens (primary N) is 1. The number of nitrogens with zero attached hydrogens (tertiary/aromatic N) is 4. The summed E-state index contributed by atoms with van der Waals surface area (Å²) in [7, 11) is 2.00. The Hall–Kier alpha value is -3.59. The SMILES string of the molecule is CCn1c(-c2ccc(N)cc2)c(C#N)c2ccc(OCCn3ccn3C)cc21. The number of aromatic nitrogens is 3. The third kappa shape index (κ3) is 3.01. The summed E-state index contributed by atoms with van der Waals surface area (Å²) < 4.78 is 12.2. The van der Waals surface area contributed by atoms with E-state index >= 15 is 0 Å². The maximum atomic E-state index is 9.84. The van der Waals surface area contributed by atoms with E-state index in [-0.39, 0.29) is 0 Å². The summed E-state index contributed by atoms with van der Waals surface area (Å²) in [6, 6.07) is 16.0. The molecule has 4 rings (SSSR count). The molecule has 0 saturated heterocycles. The lowest BCUT2D eigenvalue weighted by Gasteiger charge is -2.17. The van der Waals surface area contributed by atoms with Crippen LogP contribution in [-0.2, 0) is 20.1 Å². The molecule has 0 amide bonds. The summed E-state index contributed by atoms with van der Waals surface area (Å²) in [4.78, 5) is 0. The van der Waals surface area contributed by atoms with Crippen LogP contribution in [-0.4, -0.2) is 20.5 Å². The van der Waals surface area contributed by atoms with Gasteiger partial charge < -0.3 is 15.0 Å². The van der Waals surface area contributed by atoms with Gasteiger partial charge >= 0.3 is 0 Å². The number of fused-ring (bicyclic) bond motifs is 1. The first kappa shape index (κ1) is 17.8. The average Bonchev–Trinajstić information content (AvgIpc) is 3.03. The minimum atomic E-state index is 0.586. The Kier molecular flexibility index (Phi) is 4.58. The number of aryl methyl sites for hydroxylation is 2. The lowest BCUT2D eigenvalue weighted by molar-refractivity contribution is 0.273. The molecule has 0 aliphatic rings. The molecule has 0 aliphatic carbocycles. The molecule has 0 fully saturated rings. The summed E-state index contributed by atoms with van der Waals surface area (Å²) in [6.45, 7) is 4.22. The van der Waals surface area contributed by atoms with Gasteiger partial charge in [0.15, 0.2) is 0 Å². The molecule has 6 nitrogen and oxygen atoms in total. The molecule has 28 heavy (non-hydrogen) atoms. The van der Waals surface area contributed by atoms with Gasteiger partial charge in [-0.1, -0.05) is 12.1 Å². The molecule has 4 aromatic rings. The molecule has 142 valence electrons. The Morgan fingerprint density at radius 3 is 2.50 bits per heavy atom. The molecule has 0 atom stereocenters. The van der Waals surface area contributed by atoms with Crippen LogP contribution in [0.4, 0.5) is 5.69 Å². The molecule has 0 bridgehead atoms. The second-order valence-electron chi connectivity index (χ2n) is 6.76. The Labute approximate surface area is 163 Å². The van der Waals surface area contributed by atoms with Crippen molar-refractivity contribution in [3.05, 3.63) is 60.4 Å². The van der Waals surface area contributed by atoms with Crippen LogP contribution in [0.3, 0.4) is 0 Å². The third-order valence-corrected chi connectivity index (χ3v) is 5.10. The number of rotatable bonds is 6. The quantitative estimate of drug-likeness (QED) is 0.519.